The second-order valence-corrected chi connectivity index (χ2v) is 5.91. The van der Waals surface area contributed by atoms with Gasteiger partial charge in [0.15, 0.2) is 5.78 Å². The normalized spacial score (nSPS) is 12.3. The molecule has 1 aromatic heterocycles. The predicted octanol–water partition coefficient (Wildman–Crippen LogP) is 3.86. The number of aliphatic carboxylic acids is 1. The number of carbonyl (C=O) groups is 2. The van der Waals surface area contributed by atoms with Gasteiger partial charge in [0.05, 0.1) is 22.6 Å². The fourth-order valence-corrected chi connectivity index (χ4v) is 3.22. The van der Waals surface area contributed by atoms with Crippen molar-refractivity contribution in [3.05, 3.63) is 28.1 Å². The summed E-state index contributed by atoms with van der Waals surface area (Å²) in [6, 6.07) is 5.31. The third-order valence-electron chi connectivity index (χ3n) is 3.00. The summed E-state index contributed by atoms with van der Waals surface area (Å²) in [5.41, 5.74) is 0. The zero-order valence-corrected chi connectivity index (χ0v) is 12.5. The van der Waals surface area contributed by atoms with E-state index in [1.54, 1.807) is 12.1 Å². The molecule has 0 aliphatic heterocycles. The van der Waals surface area contributed by atoms with Crippen LogP contribution in [-0.4, -0.2) is 24.0 Å². The van der Waals surface area contributed by atoms with Crippen LogP contribution in [0.3, 0.4) is 0 Å². The topological polar surface area (TPSA) is 63.6 Å². The summed E-state index contributed by atoms with van der Waals surface area (Å²) in [5, 5.41) is 10.2. The molecular weight excluding hydrogens is 300 g/mol. The molecule has 0 saturated heterocycles. The number of rotatable bonds is 5. The smallest absolute Gasteiger partial charge is 0.306 e. The maximum atomic E-state index is 12.1. The van der Waals surface area contributed by atoms with Crippen molar-refractivity contribution in [1.82, 2.24) is 0 Å². The first-order valence-electron chi connectivity index (χ1n) is 5.96. The number of methoxy groups -OCH3 is 1. The lowest BCUT2D eigenvalue weighted by atomic mass is 10.0. The minimum atomic E-state index is -0.973. The Labute approximate surface area is 124 Å². The van der Waals surface area contributed by atoms with Gasteiger partial charge in [-0.3, -0.25) is 9.59 Å². The average Bonchev–Trinajstić information content (AvgIpc) is 2.84. The standard InChI is InChI=1S/C14H13ClO4S/c1-7(14(17)18)5-9(16)11-6-8-3-4-10(19-2)12(15)13(8)20-11/h3-4,6-7H,5H2,1-2H3,(H,17,18)/t7-/m0/s1. The van der Waals surface area contributed by atoms with Gasteiger partial charge in [-0.15, -0.1) is 11.3 Å². The Morgan fingerprint density at radius 2 is 2.15 bits per heavy atom. The molecule has 0 unspecified atom stereocenters. The molecule has 0 fully saturated rings. The molecule has 1 atom stereocenters. The van der Waals surface area contributed by atoms with Gasteiger partial charge in [0.2, 0.25) is 0 Å². The van der Waals surface area contributed by atoms with E-state index >= 15 is 0 Å². The zero-order chi connectivity index (χ0) is 14.9. The molecule has 106 valence electrons. The molecule has 1 aromatic carbocycles. The van der Waals surface area contributed by atoms with E-state index < -0.39 is 11.9 Å². The van der Waals surface area contributed by atoms with Crippen molar-refractivity contribution in [3.63, 3.8) is 0 Å². The van der Waals surface area contributed by atoms with Gasteiger partial charge >= 0.3 is 5.97 Å². The zero-order valence-electron chi connectivity index (χ0n) is 11.0. The van der Waals surface area contributed by atoms with Gasteiger partial charge < -0.3 is 9.84 Å². The van der Waals surface area contributed by atoms with Crippen molar-refractivity contribution in [2.24, 2.45) is 5.92 Å². The van der Waals surface area contributed by atoms with Crippen molar-refractivity contribution < 1.29 is 19.4 Å². The van der Waals surface area contributed by atoms with Crippen LogP contribution in [0.4, 0.5) is 0 Å². The number of carboxylic acids is 1. The highest BCUT2D eigenvalue weighted by atomic mass is 35.5. The van der Waals surface area contributed by atoms with Gasteiger partial charge in [-0.1, -0.05) is 18.5 Å². The molecule has 0 spiro atoms. The number of hydrogen-bond donors (Lipinski definition) is 1. The Kier molecular flexibility index (Phi) is 4.30. The van der Waals surface area contributed by atoms with Crippen molar-refractivity contribution in [2.75, 3.05) is 7.11 Å². The lowest BCUT2D eigenvalue weighted by Crippen LogP contribution is -2.13. The van der Waals surface area contributed by atoms with Crippen LogP contribution in [0.15, 0.2) is 18.2 Å². The third-order valence-corrected chi connectivity index (χ3v) is 4.70. The summed E-state index contributed by atoms with van der Waals surface area (Å²) in [5.74, 6) is -1.30. The quantitative estimate of drug-likeness (QED) is 0.852. The first-order chi connectivity index (χ1) is 9.43. The van der Waals surface area contributed by atoms with Crippen LogP contribution in [-0.2, 0) is 4.79 Å². The Morgan fingerprint density at radius 3 is 2.75 bits per heavy atom. The van der Waals surface area contributed by atoms with Gasteiger partial charge in [-0.05, 0) is 23.6 Å². The van der Waals surface area contributed by atoms with Gasteiger partial charge in [-0.25, -0.2) is 0 Å². The Morgan fingerprint density at radius 1 is 1.45 bits per heavy atom. The summed E-state index contributed by atoms with van der Waals surface area (Å²) in [7, 11) is 1.53. The molecule has 0 bridgehead atoms. The number of carbonyl (C=O) groups excluding carboxylic acids is 1. The number of thiophene rings is 1. The van der Waals surface area contributed by atoms with Gasteiger partial charge in [-0.2, -0.15) is 0 Å². The fourth-order valence-electron chi connectivity index (χ4n) is 1.81. The van der Waals surface area contributed by atoms with E-state index in [4.69, 9.17) is 21.4 Å². The van der Waals surface area contributed by atoms with Crippen molar-refractivity contribution >= 4 is 44.8 Å². The molecule has 6 heteroatoms. The summed E-state index contributed by atoms with van der Waals surface area (Å²) in [6.07, 6.45) is -0.0170. The maximum absolute atomic E-state index is 12.1. The molecule has 2 rings (SSSR count). The molecule has 0 aliphatic rings. The predicted molar refractivity (Wildman–Crippen MR) is 79.1 cm³/mol. The lowest BCUT2D eigenvalue weighted by Gasteiger charge is -2.02. The third kappa shape index (κ3) is 2.78. The van der Waals surface area contributed by atoms with Gasteiger partial charge in [0.25, 0.3) is 0 Å². The average molecular weight is 313 g/mol. The van der Waals surface area contributed by atoms with Crippen LogP contribution in [0.2, 0.25) is 5.02 Å². The van der Waals surface area contributed by atoms with E-state index in [0.717, 1.165) is 10.1 Å². The summed E-state index contributed by atoms with van der Waals surface area (Å²) >= 11 is 7.46. The van der Waals surface area contributed by atoms with Crippen molar-refractivity contribution in [3.8, 4) is 5.75 Å². The molecule has 0 amide bonds. The number of ether oxygens (including phenoxy) is 1. The Bertz CT molecular complexity index is 677. The molecule has 0 saturated carbocycles. The van der Waals surface area contributed by atoms with Gasteiger partial charge in [0, 0.05) is 6.42 Å². The van der Waals surface area contributed by atoms with Crippen LogP contribution in [0, 0.1) is 5.92 Å². The van der Waals surface area contributed by atoms with Crippen LogP contribution in [0.25, 0.3) is 10.1 Å². The molecule has 1 N–H and O–H groups in total. The number of hydrogen-bond acceptors (Lipinski definition) is 4. The van der Waals surface area contributed by atoms with E-state index in [0.29, 0.717) is 15.6 Å². The van der Waals surface area contributed by atoms with E-state index in [-0.39, 0.29) is 12.2 Å². The van der Waals surface area contributed by atoms with Crippen LogP contribution < -0.4 is 4.74 Å². The summed E-state index contributed by atoms with van der Waals surface area (Å²) in [4.78, 5) is 23.4. The van der Waals surface area contributed by atoms with Crippen molar-refractivity contribution in [2.45, 2.75) is 13.3 Å². The van der Waals surface area contributed by atoms with Gasteiger partial charge in [0.1, 0.15) is 10.8 Å². The fraction of sp³-hybridized carbons (Fsp3) is 0.286. The van der Waals surface area contributed by atoms with E-state index in [2.05, 4.69) is 0 Å². The first-order valence-corrected chi connectivity index (χ1v) is 7.15. The largest absolute Gasteiger partial charge is 0.495 e. The van der Waals surface area contributed by atoms with E-state index in [9.17, 15) is 9.59 Å². The summed E-state index contributed by atoms with van der Waals surface area (Å²) < 4.78 is 5.91. The number of carboxylic acid groups (broad SMARTS) is 1. The second-order valence-electron chi connectivity index (χ2n) is 4.48. The Hall–Kier alpha value is -1.59. The Balaban J connectivity index is 2.34. The van der Waals surface area contributed by atoms with Crippen molar-refractivity contribution in [1.29, 1.82) is 0 Å². The van der Waals surface area contributed by atoms with E-state index in [1.165, 1.54) is 25.4 Å². The highest BCUT2D eigenvalue weighted by Gasteiger charge is 2.19. The monoisotopic (exact) mass is 312 g/mol. The second kappa shape index (κ2) is 5.81. The SMILES string of the molecule is COc1ccc2cc(C(=O)C[C@H](C)C(=O)O)sc2c1Cl. The number of halogens is 1. The molecule has 2 aromatic rings. The molecule has 0 radical (unpaired) electrons. The van der Waals surface area contributed by atoms with Crippen LogP contribution in [0.5, 0.6) is 5.75 Å². The minimum absolute atomic E-state index is 0.0170. The number of benzene rings is 1. The lowest BCUT2D eigenvalue weighted by molar-refractivity contribution is -0.141. The van der Waals surface area contributed by atoms with E-state index in [1.807, 2.05) is 6.07 Å². The maximum Gasteiger partial charge on any atom is 0.306 e. The minimum Gasteiger partial charge on any atom is -0.495 e. The highest BCUT2D eigenvalue weighted by Crippen LogP contribution is 2.38. The first kappa shape index (κ1) is 14.8. The molecule has 4 nitrogen and oxygen atoms in total. The molecule has 0 aliphatic carbocycles. The number of ketones is 1. The molecule has 20 heavy (non-hydrogen) atoms. The number of Topliss-reactive ketones (excluding diaryl/α,β-unsaturated/α-hetero) is 1. The van der Waals surface area contributed by atoms with Crippen LogP contribution >= 0.6 is 22.9 Å². The van der Waals surface area contributed by atoms with Crippen LogP contribution in [0.1, 0.15) is 23.0 Å². The molecular formula is C14H13ClO4S. The number of fused-ring (bicyclic) bond motifs is 1. The highest BCUT2D eigenvalue weighted by molar-refractivity contribution is 7.21. The molecule has 1 heterocycles. The summed E-state index contributed by atoms with van der Waals surface area (Å²) in [6.45, 7) is 1.52.